The lowest BCUT2D eigenvalue weighted by Gasteiger charge is -2.08. The molecule has 2 aromatic carbocycles. The van der Waals surface area contributed by atoms with Crippen LogP contribution in [0.5, 0.6) is 0 Å². The van der Waals surface area contributed by atoms with Crippen LogP contribution >= 0.6 is 0 Å². The Labute approximate surface area is 137 Å². The summed E-state index contributed by atoms with van der Waals surface area (Å²) in [6, 6.07) is 12.5. The number of unbranched alkanes of at least 4 members (excludes halogenated alkanes) is 1. The van der Waals surface area contributed by atoms with Gasteiger partial charge < -0.3 is 0 Å². The Kier molecular flexibility index (Phi) is 4.44. The van der Waals surface area contributed by atoms with E-state index in [1.54, 1.807) is 24.4 Å². The minimum Gasteiger partial charge on any atom is -0.293 e. The molecule has 0 aliphatic carbocycles. The van der Waals surface area contributed by atoms with Gasteiger partial charge in [-0.2, -0.15) is 0 Å². The van der Waals surface area contributed by atoms with Crippen molar-refractivity contribution in [3.05, 3.63) is 59.2 Å². The van der Waals surface area contributed by atoms with Crippen molar-refractivity contribution in [2.24, 2.45) is 4.99 Å². The van der Waals surface area contributed by atoms with Crippen LogP contribution < -0.4 is 0 Å². The summed E-state index contributed by atoms with van der Waals surface area (Å²) in [6.45, 7) is 2.89. The molecule has 0 amide bonds. The van der Waals surface area contributed by atoms with Crippen LogP contribution in [0.4, 0.5) is 0 Å². The maximum atomic E-state index is 13.0. The first-order valence-corrected chi connectivity index (χ1v) is 9.27. The zero-order valence-corrected chi connectivity index (χ0v) is 13.9. The third kappa shape index (κ3) is 3.13. The number of hydrogen-bond donors (Lipinski definition) is 0. The molecule has 0 radical (unpaired) electrons. The maximum Gasteiger partial charge on any atom is 0.207 e. The summed E-state index contributed by atoms with van der Waals surface area (Å²) in [7, 11) is -3.52. The highest BCUT2D eigenvalue weighted by Crippen LogP contribution is 2.32. The molecule has 4 heteroatoms. The van der Waals surface area contributed by atoms with Crippen LogP contribution in [0.15, 0.2) is 57.2 Å². The standard InChI is InChI=1S/C19H19NO2S/c1-2-3-12-20-14-15-8-9-17-11-10-16-6-4-5-7-18(16)23(21,22)19(17)13-15/h4-11,13-14H,2-3,12H2,1H3. The van der Waals surface area contributed by atoms with Gasteiger partial charge in [-0.1, -0.05) is 55.8 Å². The van der Waals surface area contributed by atoms with Gasteiger partial charge in [0.1, 0.15) is 0 Å². The van der Waals surface area contributed by atoms with Crippen molar-refractivity contribution < 1.29 is 8.42 Å². The van der Waals surface area contributed by atoms with Crippen molar-refractivity contribution >= 4 is 28.2 Å². The van der Waals surface area contributed by atoms with E-state index in [2.05, 4.69) is 11.9 Å². The molecule has 0 bridgehead atoms. The quantitative estimate of drug-likeness (QED) is 0.532. The Morgan fingerprint density at radius 1 is 1.00 bits per heavy atom. The first-order valence-electron chi connectivity index (χ1n) is 7.79. The van der Waals surface area contributed by atoms with E-state index in [1.165, 1.54) is 0 Å². The highest BCUT2D eigenvalue weighted by Gasteiger charge is 2.24. The molecule has 0 saturated carbocycles. The monoisotopic (exact) mass is 325 g/mol. The molecular weight excluding hydrogens is 306 g/mol. The fraction of sp³-hybridized carbons (Fsp3) is 0.211. The summed E-state index contributed by atoms with van der Waals surface area (Å²) >= 11 is 0. The lowest BCUT2D eigenvalue weighted by Crippen LogP contribution is -2.05. The van der Waals surface area contributed by atoms with Gasteiger partial charge in [0.15, 0.2) is 0 Å². The molecule has 0 N–H and O–H groups in total. The zero-order chi connectivity index (χ0) is 16.3. The number of rotatable bonds is 4. The third-order valence-electron chi connectivity index (χ3n) is 3.86. The largest absolute Gasteiger partial charge is 0.293 e. The lowest BCUT2D eigenvalue weighted by molar-refractivity contribution is 0.596. The van der Waals surface area contributed by atoms with E-state index in [-0.39, 0.29) is 0 Å². The Morgan fingerprint density at radius 2 is 1.74 bits per heavy atom. The van der Waals surface area contributed by atoms with Gasteiger partial charge in [0, 0.05) is 12.8 Å². The van der Waals surface area contributed by atoms with Crippen LogP contribution in [-0.4, -0.2) is 21.2 Å². The summed E-state index contributed by atoms with van der Waals surface area (Å²) in [5.74, 6) is 0. The molecule has 118 valence electrons. The normalized spacial score (nSPS) is 15.2. The van der Waals surface area contributed by atoms with Crippen molar-refractivity contribution in [3.63, 3.8) is 0 Å². The summed E-state index contributed by atoms with van der Waals surface area (Å²) in [5.41, 5.74) is 2.25. The number of fused-ring (bicyclic) bond motifs is 2. The van der Waals surface area contributed by atoms with Crippen molar-refractivity contribution in [2.75, 3.05) is 6.54 Å². The highest BCUT2D eigenvalue weighted by atomic mass is 32.2. The van der Waals surface area contributed by atoms with Gasteiger partial charge in [-0.05, 0) is 35.2 Å². The highest BCUT2D eigenvalue weighted by molar-refractivity contribution is 7.91. The average Bonchev–Trinajstić information content (AvgIpc) is 2.67. The van der Waals surface area contributed by atoms with E-state index in [4.69, 9.17) is 0 Å². The van der Waals surface area contributed by atoms with Crippen LogP contribution in [-0.2, 0) is 9.84 Å². The molecule has 2 aromatic rings. The van der Waals surface area contributed by atoms with Gasteiger partial charge >= 0.3 is 0 Å². The number of benzene rings is 2. The summed E-state index contributed by atoms with van der Waals surface area (Å²) < 4.78 is 25.9. The molecule has 0 spiro atoms. The van der Waals surface area contributed by atoms with Gasteiger partial charge in [0.25, 0.3) is 0 Å². The summed E-state index contributed by atoms with van der Waals surface area (Å²) in [5, 5.41) is 0. The molecule has 1 aliphatic heterocycles. The summed E-state index contributed by atoms with van der Waals surface area (Å²) in [6.07, 6.45) is 7.60. The van der Waals surface area contributed by atoms with Gasteiger partial charge in [-0.3, -0.25) is 4.99 Å². The Hall–Kier alpha value is -2.20. The van der Waals surface area contributed by atoms with Gasteiger partial charge in [-0.15, -0.1) is 0 Å². The molecule has 0 aromatic heterocycles. The van der Waals surface area contributed by atoms with E-state index in [1.807, 2.05) is 36.4 Å². The fourth-order valence-electron chi connectivity index (χ4n) is 2.58. The predicted octanol–water partition coefficient (Wildman–Crippen LogP) is 4.22. The van der Waals surface area contributed by atoms with Gasteiger partial charge in [-0.25, -0.2) is 8.42 Å². The molecule has 0 atom stereocenters. The number of hydrogen-bond acceptors (Lipinski definition) is 3. The van der Waals surface area contributed by atoms with Crippen molar-refractivity contribution in [1.82, 2.24) is 0 Å². The number of sulfone groups is 1. The maximum absolute atomic E-state index is 13.0. The Bertz CT molecular complexity index is 880. The second kappa shape index (κ2) is 6.50. The van der Waals surface area contributed by atoms with Crippen LogP contribution in [0.3, 0.4) is 0 Å². The van der Waals surface area contributed by atoms with E-state index < -0.39 is 9.84 Å². The van der Waals surface area contributed by atoms with Crippen LogP contribution in [0.2, 0.25) is 0 Å². The molecule has 1 aliphatic rings. The zero-order valence-electron chi connectivity index (χ0n) is 13.1. The smallest absolute Gasteiger partial charge is 0.207 e. The van der Waals surface area contributed by atoms with Gasteiger partial charge in [0.2, 0.25) is 9.84 Å². The van der Waals surface area contributed by atoms with E-state index in [0.29, 0.717) is 15.4 Å². The average molecular weight is 325 g/mol. The van der Waals surface area contributed by atoms with Gasteiger partial charge in [0.05, 0.1) is 9.79 Å². The molecular formula is C19H19NO2S. The molecule has 0 fully saturated rings. The SMILES string of the molecule is CCCCN=Cc1ccc2c(c1)S(=O)(=O)c1ccccc1C=C2. The molecule has 0 saturated heterocycles. The van der Waals surface area contributed by atoms with Crippen LogP contribution in [0, 0.1) is 0 Å². The van der Waals surface area contributed by atoms with Crippen LogP contribution in [0.1, 0.15) is 36.5 Å². The minimum absolute atomic E-state index is 0.346. The number of nitrogens with zero attached hydrogens (tertiary/aromatic N) is 1. The lowest BCUT2D eigenvalue weighted by atomic mass is 10.1. The number of aliphatic imine (C=N–C) groups is 1. The van der Waals surface area contributed by atoms with Crippen molar-refractivity contribution in [3.8, 4) is 0 Å². The van der Waals surface area contributed by atoms with E-state index in [0.717, 1.165) is 30.5 Å². The first-order chi connectivity index (χ1) is 11.1. The predicted molar refractivity (Wildman–Crippen MR) is 94.6 cm³/mol. The third-order valence-corrected chi connectivity index (χ3v) is 5.74. The topological polar surface area (TPSA) is 46.5 Å². The van der Waals surface area contributed by atoms with E-state index >= 15 is 0 Å². The molecule has 1 heterocycles. The molecule has 3 nitrogen and oxygen atoms in total. The molecule has 3 rings (SSSR count). The van der Waals surface area contributed by atoms with Crippen LogP contribution in [0.25, 0.3) is 12.2 Å². The fourth-order valence-corrected chi connectivity index (χ4v) is 4.26. The molecule has 23 heavy (non-hydrogen) atoms. The minimum atomic E-state index is -3.52. The Morgan fingerprint density at radius 3 is 2.52 bits per heavy atom. The van der Waals surface area contributed by atoms with Crippen molar-refractivity contribution in [1.29, 1.82) is 0 Å². The second-order valence-electron chi connectivity index (χ2n) is 5.56. The second-order valence-corrected chi connectivity index (χ2v) is 7.45. The van der Waals surface area contributed by atoms with E-state index in [9.17, 15) is 8.42 Å². The summed E-state index contributed by atoms with van der Waals surface area (Å²) in [4.78, 5) is 5.06. The first kappa shape index (κ1) is 15.7. The molecule has 0 unspecified atom stereocenters. The van der Waals surface area contributed by atoms with Crippen molar-refractivity contribution in [2.45, 2.75) is 29.6 Å². The Balaban J connectivity index is 2.06.